The first kappa shape index (κ1) is 12.4. The molecule has 1 unspecified atom stereocenters. The molecule has 0 aliphatic rings. The topological polar surface area (TPSA) is 44.8 Å². The second-order valence-corrected chi connectivity index (χ2v) is 3.19. The van der Waals surface area contributed by atoms with Gasteiger partial charge >= 0.3 is 5.97 Å². The van der Waals surface area contributed by atoms with Crippen LogP contribution in [0.1, 0.15) is 13.8 Å². The van der Waals surface area contributed by atoms with Crippen molar-refractivity contribution in [2.24, 2.45) is 0 Å². The van der Waals surface area contributed by atoms with Crippen LogP contribution in [0.25, 0.3) is 0 Å². The van der Waals surface area contributed by atoms with Gasteiger partial charge in [-0.3, -0.25) is 0 Å². The predicted octanol–water partition coefficient (Wildman–Crippen LogP) is 2.03. The third-order valence-corrected chi connectivity index (χ3v) is 1.96. The lowest BCUT2D eigenvalue weighted by atomic mass is 10.3. The number of benzene rings is 1. The minimum atomic E-state index is -0.623. The maximum atomic E-state index is 11.1. The Morgan fingerprint density at radius 2 is 2.06 bits per heavy atom. The third-order valence-electron chi connectivity index (χ3n) is 1.96. The molecule has 1 aromatic rings. The average molecular weight is 224 g/mol. The zero-order chi connectivity index (χ0) is 12.0. The SMILES string of the molecule is CCOc1cccc(OC(C)C(=O)OC)c1. The fourth-order valence-electron chi connectivity index (χ4n) is 1.22. The highest BCUT2D eigenvalue weighted by Crippen LogP contribution is 2.20. The minimum Gasteiger partial charge on any atom is -0.494 e. The van der Waals surface area contributed by atoms with Crippen LogP contribution in [0.5, 0.6) is 11.5 Å². The minimum absolute atomic E-state index is 0.401. The Hall–Kier alpha value is -1.71. The normalized spacial score (nSPS) is 11.7. The monoisotopic (exact) mass is 224 g/mol. The first-order valence-electron chi connectivity index (χ1n) is 5.14. The van der Waals surface area contributed by atoms with Gasteiger partial charge in [-0.25, -0.2) is 4.79 Å². The van der Waals surface area contributed by atoms with Gasteiger partial charge in [-0.2, -0.15) is 0 Å². The summed E-state index contributed by atoms with van der Waals surface area (Å²) in [6, 6.07) is 7.15. The van der Waals surface area contributed by atoms with Crippen LogP contribution in [0.3, 0.4) is 0 Å². The molecule has 1 atom stereocenters. The standard InChI is InChI=1S/C12H16O4/c1-4-15-10-6-5-7-11(8-10)16-9(2)12(13)14-3/h5-9H,4H2,1-3H3. The maximum absolute atomic E-state index is 11.1. The van der Waals surface area contributed by atoms with Crippen LogP contribution in [0.2, 0.25) is 0 Å². The highest BCUT2D eigenvalue weighted by molar-refractivity contribution is 5.74. The lowest BCUT2D eigenvalue weighted by molar-refractivity contribution is -0.147. The number of hydrogen-bond donors (Lipinski definition) is 0. The molecular formula is C12H16O4. The summed E-state index contributed by atoms with van der Waals surface area (Å²) in [7, 11) is 1.33. The lowest BCUT2D eigenvalue weighted by Gasteiger charge is -2.13. The van der Waals surface area contributed by atoms with E-state index in [9.17, 15) is 4.79 Å². The van der Waals surface area contributed by atoms with Crippen molar-refractivity contribution in [3.05, 3.63) is 24.3 Å². The summed E-state index contributed by atoms with van der Waals surface area (Å²) < 4.78 is 15.3. The molecule has 0 amide bonds. The van der Waals surface area contributed by atoms with Crippen molar-refractivity contribution in [3.63, 3.8) is 0 Å². The number of carbonyl (C=O) groups is 1. The Kier molecular flexibility index (Phi) is 4.64. The summed E-state index contributed by atoms with van der Waals surface area (Å²) in [5.74, 6) is 0.905. The zero-order valence-corrected chi connectivity index (χ0v) is 9.73. The Morgan fingerprint density at radius 3 is 2.69 bits per heavy atom. The van der Waals surface area contributed by atoms with Crippen LogP contribution in [-0.4, -0.2) is 25.8 Å². The molecule has 4 nitrogen and oxygen atoms in total. The van der Waals surface area contributed by atoms with E-state index in [1.165, 1.54) is 7.11 Å². The molecule has 0 N–H and O–H groups in total. The van der Waals surface area contributed by atoms with Gasteiger partial charge in [-0.1, -0.05) is 6.07 Å². The van der Waals surface area contributed by atoms with Gasteiger partial charge in [0.25, 0.3) is 0 Å². The van der Waals surface area contributed by atoms with E-state index in [4.69, 9.17) is 9.47 Å². The Labute approximate surface area is 95.1 Å². The first-order valence-corrected chi connectivity index (χ1v) is 5.14. The van der Waals surface area contributed by atoms with E-state index in [0.29, 0.717) is 12.4 Å². The van der Waals surface area contributed by atoms with Crippen molar-refractivity contribution in [2.45, 2.75) is 20.0 Å². The Morgan fingerprint density at radius 1 is 1.38 bits per heavy atom. The van der Waals surface area contributed by atoms with Crippen LogP contribution >= 0.6 is 0 Å². The van der Waals surface area contributed by atoms with Crippen LogP contribution in [0, 0.1) is 0 Å². The molecule has 88 valence electrons. The molecule has 0 bridgehead atoms. The Bertz CT molecular complexity index is 349. The molecular weight excluding hydrogens is 208 g/mol. The zero-order valence-electron chi connectivity index (χ0n) is 9.73. The number of rotatable bonds is 5. The molecule has 0 aliphatic carbocycles. The predicted molar refractivity (Wildman–Crippen MR) is 59.7 cm³/mol. The maximum Gasteiger partial charge on any atom is 0.346 e. The number of ether oxygens (including phenoxy) is 3. The fourth-order valence-corrected chi connectivity index (χ4v) is 1.22. The van der Waals surface area contributed by atoms with Gasteiger partial charge in [0.15, 0.2) is 6.10 Å². The highest BCUT2D eigenvalue weighted by Gasteiger charge is 2.14. The van der Waals surface area contributed by atoms with Gasteiger partial charge < -0.3 is 14.2 Å². The van der Waals surface area contributed by atoms with Gasteiger partial charge in [-0.15, -0.1) is 0 Å². The smallest absolute Gasteiger partial charge is 0.346 e. The first-order chi connectivity index (χ1) is 7.67. The molecule has 0 fully saturated rings. The lowest BCUT2D eigenvalue weighted by Crippen LogP contribution is -2.24. The molecule has 0 heterocycles. The van der Waals surface area contributed by atoms with Gasteiger partial charge in [0.05, 0.1) is 13.7 Å². The molecule has 16 heavy (non-hydrogen) atoms. The molecule has 0 spiro atoms. The van der Waals surface area contributed by atoms with E-state index in [2.05, 4.69) is 4.74 Å². The van der Waals surface area contributed by atoms with E-state index in [0.717, 1.165) is 5.75 Å². The summed E-state index contributed by atoms with van der Waals surface area (Å²) in [6.45, 7) is 4.14. The van der Waals surface area contributed by atoms with Crippen LogP contribution in [-0.2, 0) is 9.53 Å². The van der Waals surface area contributed by atoms with E-state index >= 15 is 0 Å². The van der Waals surface area contributed by atoms with Crippen molar-refractivity contribution < 1.29 is 19.0 Å². The second kappa shape index (κ2) is 6.00. The second-order valence-electron chi connectivity index (χ2n) is 3.19. The molecule has 0 aromatic heterocycles. The van der Waals surface area contributed by atoms with Crippen LogP contribution in [0.15, 0.2) is 24.3 Å². The summed E-state index contributed by atoms with van der Waals surface area (Å²) in [5, 5.41) is 0. The number of hydrogen-bond acceptors (Lipinski definition) is 4. The third kappa shape index (κ3) is 3.46. The Balaban J connectivity index is 2.66. The van der Waals surface area contributed by atoms with Crippen molar-refractivity contribution in [1.82, 2.24) is 0 Å². The number of carbonyl (C=O) groups excluding carboxylic acids is 1. The summed E-state index contributed by atoms with van der Waals surface area (Å²) in [5.41, 5.74) is 0. The van der Waals surface area contributed by atoms with Gasteiger partial charge in [0, 0.05) is 6.07 Å². The molecule has 0 saturated carbocycles. The summed E-state index contributed by atoms with van der Waals surface area (Å²) >= 11 is 0. The fraction of sp³-hybridized carbons (Fsp3) is 0.417. The van der Waals surface area contributed by atoms with Crippen LogP contribution < -0.4 is 9.47 Å². The highest BCUT2D eigenvalue weighted by atomic mass is 16.6. The average Bonchev–Trinajstić information content (AvgIpc) is 2.29. The number of esters is 1. The largest absolute Gasteiger partial charge is 0.494 e. The molecule has 1 rings (SSSR count). The van der Waals surface area contributed by atoms with Crippen molar-refractivity contribution in [2.75, 3.05) is 13.7 Å². The van der Waals surface area contributed by atoms with Gasteiger partial charge in [0.1, 0.15) is 11.5 Å². The number of methoxy groups -OCH3 is 1. The van der Waals surface area contributed by atoms with Gasteiger partial charge in [0.2, 0.25) is 0 Å². The molecule has 0 saturated heterocycles. The van der Waals surface area contributed by atoms with E-state index in [1.807, 2.05) is 19.1 Å². The van der Waals surface area contributed by atoms with Crippen molar-refractivity contribution in [3.8, 4) is 11.5 Å². The van der Waals surface area contributed by atoms with Crippen molar-refractivity contribution >= 4 is 5.97 Å². The molecule has 0 aliphatic heterocycles. The van der Waals surface area contributed by atoms with Crippen molar-refractivity contribution in [1.29, 1.82) is 0 Å². The van der Waals surface area contributed by atoms with Gasteiger partial charge in [-0.05, 0) is 26.0 Å². The van der Waals surface area contributed by atoms with E-state index < -0.39 is 12.1 Å². The van der Waals surface area contributed by atoms with Crippen LogP contribution in [0.4, 0.5) is 0 Å². The summed E-state index contributed by atoms with van der Waals surface area (Å²) in [4.78, 5) is 11.1. The van der Waals surface area contributed by atoms with E-state index in [1.54, 1.807) is 19.1 Å². The molecule has 4 heteroatoms. The van der Waals surface area contributed by atoms with E-state index in [-0.39, 0.29) is 0 Å². The molecule has 0 radical (unpaired) electrons. The quantitative estimate of drug-likeness (QED) is 0.718. The summed E-state index contributed by atoms with van der Waals surface area (Å²) in [6.07, 6.45) is -0.623. The molecule has 1 aromatic carbocycles.